The van der Waals surface area contributed by atoms with Crippen molar-refractivity contribution >= 4 is 15.9 Å². The zero-order valence-corrected chi connectivity index (χ0v) is 11.9. The van der Waals surface area contributed by atoms with Crippen LogP contribution in [0.2, 0.25) is 0 Å². The lowest BCUT2D eigenvalue weighted by Crippen LogP contribution is -2.35. The van der Waals surface area contributed by atoms with Crippen molar-refractivity contribution in [2.45, 2.75) is 32.2 Å². The summed E-state index contributed by atoms with van der Waals surface area (Å²) in [5.74, 6) is 1.37. The third-order valence-corrected chi connectivity index (χ3v) is 4.21. The summed E-state index contributed by atoms with van der Waals surface area (Å²) in [6.45, 7) is 2.30. The minimum atomic E-state index is -0.164. The van der Waals surface area contributed by atoms with Gasteiger partial charge >= 0.3 is 0 Å². The molecule has 2 rings (SSSR count). The van der Waals surface area contributed by atoms with E-state index in [1.807, 2.05) is 13.1 Å². The van der Waals surface area contributed by atoms with Gasteiger partial charge in [0.2, 0.25) is 0 Å². The second-order valence-electron chi connectivity index (χ2n) is 5.07. The highest BCUT2D eigenvalue weighted by Crippen LogP contribution is 2.38. The van der Waals surface area contributed by atoms with Crippen molar-refractivity contribution in [3.63, 3.8) is 0 Å². The standard InChI is InChI=1S/C14H19BrFN/c1-9(11-3-4-11)14(17-2)7-10-5-12(15)8-13(16)6-10/h5-6,8-9,11,14,17H,3-4,7H2,1-2H3. The van der Waals surface area contributed by atoms with Gasteiger partial charge in [-0.15, -0.1) is 0 Å². The molecule has 1 aliphatic rings. The Morgan fingerprint density at radius 3 is 2.65 bits per heavy atom. The molecular formula is C14H19BrFN. The van der Waals surface area contributed by atoms with Crippen molar-refractivity contribution in [3.05, 3.63) is 34.1 Å². The Hall–Kier alpha value is -0.410. The van der Waals surface area contributed by atoms with Gasteiger partial charge in [0.25, 0.3) is 0 Å². The summed E-state index contributed by atoms with van der Waals surface area (Å²) in [6, 6.07) is 5.58. The number of likely N-dealkylation sites (N-methyl/N-ethyl adjacent to an activating group) is 1. The largest absolute Gasteiger partial charge is 0.316 e. The minimum Gasteiger partial charge on any atom is -0.316 e. The molecule has 2 unspecified atom stereocenters. The van der Waals surface area contributed by atoms with Gasteiger partial charge in [-0.1, -0.05) is 22.9 Å². The summed E-state index contributed by atoms with van der Waals surface area (Å²) in [4.78, 5) is 0. The maximum atomic E-state index is 13.3. The molecule has 0 aliphatic heterocycles. The molecule has 94 valence electrons. The van der Waals surface area contributed by atoms with E-state index in [1.165, 1.54) is 18.9 Å². The van der Waals surface area contributed by atoms with Gasteiger partial charge < -0.3 is 5.32 Å². The van der Waals surface area contributed by atoms with Gasteiger partial charge in [0, 0.05) is 10.5 Å². The van der Waals surface area contributed by atoms with Gasteiger partial charge in [-0.3, -0.25) is 0 Å². The monoisotopic (exact) mass is 299 g/mol. The first kappa shape index (κ1) is 13.0. The number of hydrogen-bond donors (Lipinski definition) is 1. The minimum absolute atomic E-state index is 0.164. The van der Waals surface area contributed by atoms with Crippen LogP contribution in [0, 0.1) is 17.7 Å². The van der Waals surface area contributed by atoms with Crippen LogP contribution in [0.15, 0.2) is 22.7 Å². The van der Waals surface area contributed by atoms with E-state index in [4.69, 9.17) is 0 Å². The predicted octanol–water partition coefficient (Wildman–Crippen LogP) is 3.76. The van der Waals surface area contributed by atoms with E-state index in [1.54, 1.807) is 6.07 Å². The molecule has 17 heavy (non-hydrogen) atoms. The number of benzene rings is 1. The molecule has 0 aromatic heterocycles. The smallest absolute Gasteiger partial charge is 0.124 e. The molecule has 1 saturated carbocycles. The number of halogens is 2. The highest BCUT2D eigenvalue weighted by molar-refractivity contribution is 9.10. The average Bonchev–Trinajstić information content (AvgIpc) is 3.07. The van der Waals surface area contributed by atoms with Crippen LogP contribution in [0.5, 0.6) is 0 Å². The number of nitrogens with one attached hydrogen (secondary N) is 1. The third-order valence-electron chi connectivity index (χ3n) is 3.75. The first-order valence-corrected chi connectivity index (χ1v) is 7.01. The van der Waals surface area contributed by atoms with Gasteiger partial charge in [-0.05, 0) is 61.9 Å². The van der Waals surface area contributed by atoms with Gasteiger partial charge in [-0.2, -0.15) is 0 Å². The summed E-state index contributed by atoms with van der Waals surface area (Å²) in [6.07, 6.45) is 3.60. The van der Waals surface area contributed by atoms with Crippen LogP contribution in [-0.4, -0.2) is 13.1 Å². The first-order chi connectivity index (χ1) is 8.10. The molecule has 1 aromatic rings. The van der Waals surface area contributed by atoms with Gasteiger partial charge in [0.15, 0.2) is 0 Å². The average molecular weight is 300 g/mol. The lowest BCUT2D eigenvalue weighted by atomic mass is 9.91. The molecular weight excluding hydrogens is 281 g/mol. The molecule has 1 fully saturated rings. The second kappa shape index (κ2) is 5.49. The van der Waals surface area contributed by atoms with Crippen LogP contribution >= 0.6 is 15.9 Å². The zero-order chi connectivity index (χ0) is 12.4. The Morgan fingerprint density at radius 1 is 1.41 bits per heavy atom. The predicted molar refractivity (Wildman–Crippen MR) is 72.5 cm³/mol. The van der Waals surface area contributed by atoms with Crippen molar-refractivity contribution in [3.8, 4) is 0 Å². The Bertz CT molecular complexity index is 370. The van der Waals surface area contributed by atoms with E-state index in [0.29, 0.717) is 12.0 Å². The number of hydrogen-bond acceptors (Lipinski definition) is 1. The fraction of sp³-hybridized carbons (Fsp3) is 0.571. The molecule has 1 aliphatic carbocycles. The molecule has 0 amide bonds. The first-order valence-electron chi connectivity index (χ1n) is 6.22. The van der Waals surface area contributed by atoms with Crippen LogP contribution in [0.25, 0.3) is 0 Å². The van der Waals surface area contributed by atoms with E-state index < -0.39 is 0 Å². The van der Waals surface area contributed by atoms with E-state index in [0.717, 1.165) is 22.4 Å². The topological polar surface area (TPSA) is 12.0 Å². The van der Waals surface area contributed by atoms with Crippen LogP contribution in [0.4, 0.5) is 4.39 Å². The molecule has 0 spiro atoms. The molecule has 0 bridgehead atoms. The fourth-order valence-corrected chi connectivity index (χ4v) is 3.00. The van der Waals surface area contributed by atoms with Crippen molar-refractivity contribution < 1.29 is 4.39 Å². The van der Waals surface area contributed by atoms with Crippen LogP contribution < -0.4 is 5.32 Å². The molecule has 1 nitrogen and oxygen atoms in total. The van der Waals surface area contributed by atoms with Gasteiger partial charge in [0.05, 0.1) is 0 Å². The summed E-state index contributed by atoms with van der Waals surface area (Å²) < 4.78 is 14.1. The van der Waals surface area contributed by atoms with Crippen LogP contribution in [0.1, 0.15) is 25.3 Å². The SMILES string of the molecule is CNC(Cc1cc(F)cc(Br)c1)C(C)C1CC1. The van der Waals surface area contributed by atoms with E-state index in [2.05, 4.69) is 28.2 Å². The van der Waals surface area contributed by atoms with Gasteiger partial charge in [0.1, 0.15) is 5.82 Å². The van der Waals surface area contributed by atoms with Crippen LogP contribution in [0.3, 0.4) is 0 Å². The lowest BCUT2D eigenvalue weighted by molar-refractivity contribution is 0.357. The lowest BCUT2D eigenvalue weighted by Gasteiger charge is -2.23. The Morgan fingerprint density at radius 2 is 2.12 bits per heavy atom. The van der Waals surface area contributed by atoms with Crippen molar-refractivity contribution in [2.75, 3.05) is 7.05 Å². The third kappa shape index (κ3) is 3.52. The quantitative estimate of drug-likeness (QED) is 0.873. The molecule has 1 aromatic carbocycles. The highest BCUT2D eigenvalue weighted by Gasteiger charge is 2.32. The van der Waals surface area contributed by atoms with E-state index >= 15 is 0 Å². The maximum absolute atomic E-state index is 13.3. The van der Waals surface area contributed by atoms with Crippen molar-refractivity contribution in [2.24, 2.45) is 11.8 Å². The second-order valence-corrected chi connectivity index (χ2v) is 5.99. The molecule has 0 saturated heterocycles. The molecule has 0 heterocycles. The fourth-order valence-electron chi connectivity index (χ4n) is 2.48. The normalized spacial score (nSPS) is 19.1. The van der Waals surface area contributed by atoms with Crippen molar-refractivity contribution in [1.82, 2.24) is 5.32 Å². The number of rotatable bonds is 5. The Kier molecular flexibility index (Phi) is 4.21. The molecule has 3 heteroatoms. The van der Waals surface area contributed by atoms with Crippen molar-refractivity contribution in [1.29, 1.82) is 0 Å². The van der Waals surface area contributed by atoms with E-state index in [9.17, 15) is 4.39 Å². The highest BCUT2D eigenvalue weighted by atomic mass is 79.9. The molecule has 1 N–H and O–H groups in total. The molecule has 0 radical (unpaired) electrons. The summed E-state index contributed by atoms with van der Waals surface area (Å²) in [5.41, 5.74) is 1.06. The Balaban J connectivity index is 2.06. The van der Waals surface area contributed by atoms with E-state index in [-0.39, 0.29) is 5.82 Å². The zero-order valence-electron chi connectivity index (χ0n) is 10.3. The van der Waals surface area contributed by atoms with Crippen LogP contribution in [-0.2, 0) is 6.42 Å². The summed E-state index contributed by atoms with van der Waals surface area (Å²) >= 11 is 3.34. The van der Waals surface area contributed by atoms with Gasteiger partial charge in [-0.25, -0.2) is 4.39 Å². The summed E-state index contributed by atoms with van der Waals surface area (Å²) in [7, 11) is 2.00. The maximum Gasteiger partial charge on any atom is 0.124 e. The molecule has 2 atom stereocenters. The Labute approximate surface area is 111 Å². The summed E-state index contributed by atoms with van der Waals surface area (Å²) in [5, 5.41) is 3.37.